The quantitative estimate of drug-likeness (QED) is 0.742. The van der Waals surface area contributed by atoms with E-state index in [-0.39, 0.29) is 0 Å². The summed E-state index contributed by atoms with van der Waals surface area (Å²) in [5.41, 5.74) is 2.78. The topological polar surface area (TPSA) is 35.8 Å². The van der Waals surface area contributed by atoms with E-state index in [9.17, 15) is 0 Å². The van der Waals surface area contributed by atoms with Crippen LogP contribution in [0.2, 0.25) is 0 Å². The van der Waals surface area contributed by atoms with Crippen LogP contribution in [0.5, 0.6) is 0 Å². The first-order chi connectivity index (χ1) is 7.29. The summed E-state index contributed by atoms with van der Waals surface area (Å²) in [6.45, 7) is 5.11. The maximum Gasteiger partial charge on any atom is 0.102 e. The molecule has 0 saturated heterocycles. The molecule has 0 unspecified atom stereocenters. The predicted octanol–water partition coefficient (Wildman–Crippen LogP) is 3.47. The van der Waals surface area contributed by atoms with E-state index in [4.69, 9.17) is 5.26 Å². The van der Waals surface area contributed by atoms with Crippen LogP contribution in [0.3, 0.4) is 0 Å². The molecule has 1 rings (SSSR count). The van der Waals surface area contributed by atoms with Gasteiger partial charge in [-0.1, -0.05) is 31.9 Å². The standard InChI is InChI=1S/C13H18N2/c1-3-4-5-9-15-13-8-6-7-11(2)12(13)10-14/h6-8,15H,3-5,9H2,1-2H3. The van der Waals surface area contributed by atoms with Gasteiger partial charge in [0.15, 0.2) is 0 Å². The van der Waals surface area contributed by atoms with Crippen molar-refractivity contribution >= 4 is 5.69 Å². The van der Waals surface area contributed by atoms with Gasteiger partial charge in [0.1, 0.15) is 6.07 Å². The van der Waals surface area contributed by atoms with Crippen molar-refractivity contribution in [1.82, 2.24) is 0 Å². The second kappa shape index (κ2) is 6.08. The van der Waals surface area contributed by atoms with Crippen LogP contribution < -0.4 is 5.32 Å². The average molecular weight is 202 g/mol. The van der Waals surface area contributed by atoms with E-state index >= 15 is 0 Å². The highest BCUT2D eigenvalue weighted by Gasteiger charge is 2.02. The molecule has 2 nitrogen and oxygen atoms in total. The lowest BCUT2D eigenvalue weighted by Crippen LogP contribution is -2.03. The van der Waals surface area contributed by atoms with Crippen LogP contribution in [0.15, 0.2) is 18.2 Å². The molecular formula is C13H18N2. The van der Waals surface area contributed by atoms with Crippen LogP contribution in [-0.4, -0.2) is 6.54 Å². The van der Waals surface area contributed by atoms with E-state index in [1.807, 2.05) is 25.1 Å². The lowest BCUT2D eigenvalue weighted by molar-refractivity contribution is 0.743. The SMILES string of the molecule is CCCCCNc1cccc(C)c1C#N. The van der Waals surface area contributed by atoms with E-state index in [0.29, 0.717) is 0 Å². The largest absolute Gasteiger partial charge is 0.384 e. The highest BCUT2D eigenvalue weighted by atomic mass is 14.9. The Kier molecular flexibility index (Phi) is 4.70. The van der Waals surface area contributed by atoms with Crippen LogP contribution in [0.4, 0.5) is 5.69 Å². The van der Waals surface area contributed by atoms with Gasteiger partial charge in [-0.3, -0.25) is 0 Å². The Morgan fingerprint density at radius 3 is 2.80 bits per heavy atom. The number of nitriles is 1. The first-order valence-electron chi connectivity index (χ1n) is 5.53. The van der Waals surface area contributed by atoms with E-state index in [1.165, 1.54) is 12.8 Å². The molecule has 2 heteroatoms. The second-order valence-corrected chi connectivity index (χ2v) is 3.74. The molecule has 1 aromatic rings. The molecule has 0 spiro atoms. The van der Waals surface area contributed by atoms with Crippen LogP contribution >= 0.6 is 0 Å². The third kappa shape index (κ3) is 3.28. The van der Waals surface area contributed by atoms with Crippen molar-refractivity contribution in [3.05, 3.63) is 29.3 Å². The zero-order valence-electron chi connectivity index (χ0n) is 9.51. The van der Waals surface area contributed by atoms with Gasteiger partial charge < -0.3 is 5.32 Å². The third-order valence-electron chi connectivity index (χ3n) is 2.48. The lowest BCUT2D eigenvalue weighted by atomic mass is 10.1. The Bertz CT molecular complexity index is 350. The molecule has 0 saturated carbocycles. The summed E-state index contributed by atoms with van der Waals surface area (Å²) < 4.78 is 0. The maximum atomic E-state index is 9.01. The lowest BCUT2D eigenvalue weighted by Gasteiger charge is -2.09. The Morgan fingerprint density at radius 2 is 2.13 bits per heavy atom. The molecule has 1 aromatic carbocycles. The smallest absolute Gasteiger partial charge is 0.102 e. The van der Waals surface area contributed by atoms with Crippen molar-refractivity contribution in [3.63, 3.8) is 0 Å². The van der Waals surface area contributed by atoms with Gasteiger partial charge in [0.2, 0.25) is 0 Å². The summed E-state index contributed by atoms with van der Waals surface area (Å²) in [5, 5.41) is 12.3. The van der Waals surface area contributed by atoms with Gasteiger partial charge in [-0.25, -0.2) is 0 Å². The van der Waals surface area contributed by atoms with Gasteiger partial charge in [0, 0.05) is 6.54 Å². The number of rotatable bonds is 5. The maximum absolute atomic E-state index is 9.01. The normalized spacial score (nSPS) is 9.67. The van der Waals surface area contributed by atoms with Crippen molar-refractivity contribution in [1.29, 1.82) is 5.26 Å². The van der Waals surface area contributed by atoms with Crippen molar-refractivity contribution < 1.29 is 0 Å². The van der Waals surface area contributed by atoms with Crippen molar-refractivity contribution in [2.45, 2.75) is 33.1 Å². The fraction of sp³-hybridized carbons (Fsp3) is 0.462. The number of nitrogens with zero attached hydrogens (tertiary/aromatic N) is 1. The Hall–Kier alpha value is -1.49. The number of unbranched alkanes of at least 4 members (excludes halogenated alkanes) is 2. The Morgan fingerprint density at radius 1 is 1.33 bits per heavy atom. The fourth-order valence-corrected chi connectivity index (χ4v) is 1.56. The number of hydrogen-bond donors (Lipinski definition) is 1. The van der Waals surface area contributed by atoms with Crippen LogP contribution in [0, 0.1) is 18.3 Å². The minimum absolute atomic E-state index is 0.772. The van der Waals surface area contributed by atoms with Gasteiger partial charge in [-0.05, 0) is 25.0 Å². The van der Waals surface area contributed by atoms with E-state index in [0.717, 1.165) is 29.8 Å². The molecule has 0 radical (unpaired) electrons. The highest BCUT2D eigenvalue weighted by molar-refractivity contribution is 5.60. The first kappa shape index (κ1) is 11.6. The minimum Gasteiger partial charge on any atom is -0.384 e. The molecule has 1 N–H and O–H groups in total. The molecule has 0 heterocycles. The first-order valence-corrected chi connectivity index (χ1v) is 5.53. The summed E-state index contributed by atoms with van der Waals surface area (Å²) in [7, 11) is 0. The van der Waals surface area contributed by atoms with Gasteiger partial charge in [-0.15, -0.1) is 0 Å². The van der Waals surface area contributed by atoms with Crippen molar-refractivity contribution in [2.75, 3.05) is 11.9 Å². The third-order valence-corrected chi connectivity index (χ3v) is 2.48. The van der Waals surface area contributed by atoms with Gasteiger partial charge in [0.05, 0.1) is 11.3 Å². The molecule has 0 aliphatic carbocycles. The molecule has 15 heavy (non-hydrogen) atoms. The van der Waals surface area contributed by atoms with E-state index in [2.05, 4.69) is 18.3 Å². The molecule has 0 aromatic heterocycles. The molecule has 80 valence electrons. The van der Waals surface area contributed by atoms with Gasteiger partial charge >= 0.3 is 0 Å². The number of benzene rings is 1. The molecule has 0 atom stereocenters. The second-order valence-electron chi connectivity index (χ2n) is 3.74. The molecule has 0 bridgehead atoms. The Labute approximate surface area is 91.9 Å². The fourth-order valence-electron chi connectivity index (χ4n) is 1.56. The predicted molar refractivity (Wildman–Crippen MR) is 63.9 cm³/mol. The van der Waals surface area contributed by atoms with Gasteiger partial charge in [0.25, 0.3) is 0 Å². The highest BCUT2D eigenvalue weighted by Crippen LogP contribution is 2.18. The summed E-state index contributed by atoms with van der Waals surface area (Å²) in [6.07, 6.45) is 3.62. The summed E-state index contributed by atoms with van der Waals surface area (Å²) >= 11 is 0. The molecule has 0 aliphatic heterocycles. The van der Waals surface area contributed by atoms with E-state index < -0.39 is 0 Å². The zero-order chi connectivity index (χ0) is 11.1. The molecule has 0 aliphatic rings. The van der Waals surface area contributed by atoms with Crippen molar-refractivity contribution in [3.8, 4) is 6.07 Å². The Balaban J connectivity index is 2.61. The molecule has 0 amide bonds. The summed E-state index contributed by atoms with van der Waals surface area (Å²) in [4.78, 5) is 0. The minimum atomic E-state index is 0.772. The van der Waals surface area contributed by atoms with Crippen LogP contribution in [0.25, 0.3) is 0 Å². The van der Waals surface area contributed by atoms with Crippen LogP contribution in [0.1, 0.15) is 37.3 Å². The number of aryl methyl sites for hydroxylation is 1. The van der Waals surface area contributed by atoms with Gasteiger partial charge in [-0.2, -0.15) is 5.26 Å². The monoisotopic (exact) mass is 202 g/mol. The molecular weight excluding hydrogens is 184 g/mol. The molecule has 0 fully saturated rings. The number of nitrogens with one attached hydrogen (secondary N) is 1. The summed E-state index contributed by atoms with van der Waals surface area (Å²) in [6, 6.07) is 8.16. The zero-order valence-corrected chi connectivity index (χ0v) is 9.51. The summed E-state index contributed by atoms with van der Waals surface area (Å²) in [5.74, 6) is 0. The van der Waals surface area contributed by atoms with Crippen molar-refractivity contribution in [2.24, 2.45) is 0 Å². The van der Waals surface area contributed by atoms with E-state index in [1.54, 1.807) is 0 Å². The average Bonchev–Trinajstić information content (AvgIpc) is 2.24. The number of hydrogen-bond acceptors (Lipinski definition) is 2. The van der Waals surface area contributed by atoms with Crippen LogP contribution in [-0.2, 0) is 0 Å². The number of anilines is 1.